The fraction of sp³-hybridized carbons (Fsp3) is 0.286. The minimum Gasteiger partial charge on any atom is -0.347 e. The van der Waals surface area contributed by atoms with Crippen molar-refractivity contribution in [2.24, 2.45) is 0 Å². The van der Waals surface area contributed by atoms with E-state index in [1.54, 1.807) is 12.1 Å². The zero-order valence-electron chi connectivity index (χ0n) is 10.9. The zero-order chi connectivity index (χ0) is 13.8. The Bertz CT molecular complexity index is 560. The van der Waals surface area contributed by atoms with Crippen LogP contribution in [0.1, 0.15) is 41.6 Å². The van der Waals surface area contributed by atoms with E-state index in [-0.39, 0.29) is 17.6 Å². The van der Waals surface area contributed by atoms with Crippen LogP contribution in [0.4, 0.5) is 4.39 Å². The molecule has 2 rings (SSSR count). The summed E-state index contributed by atoms with van der Waals surface area (Å²) in [5, 5.41) is 2.75. The summed E-state index contributed by atoms with van der Waals surface area (Å²) < 4.78 is 12.7. The van der Waals surface area contributed by atoms with E-state index >= 15 is 0 Å². The van der Waals surface area contributed by atoms with E-state index in [1.165, 1.54) is 18.3 Å². The molecule has 0 unspecified atom stereocenters. The molecule has 1 heterocycles. The Labute approximate surface area is 111 Å². The molecule has 0 bridgehead atoms. The fourth-order valence-corrected chi connectivity index (χ4v) is 1.63. The van der Waals surface area contributed by atoms with Gasteiger partial charge in [-0.25, -0.2) is 9.37 Å². The molecule has 100 valence electrons. The van der Waals surface area contributed by atoms with Gasteiger partial charge in [0.15, 0.2) is 0 Å². The van der Waals surface area contributed by atoms with Crippen LogP contribution in [0.3, 0.4) is 0 Å². The highest BCUT2D eigenvalue weighted by Gasteiger charge is 2.10. The van der Waals surface area contributed by atoms with Crippen molar-refractivity contribution in [3.05, 3.63) is 53.4 Å². The smallest absolute Gasteiger partial charge is 0.269 e. The van der Waals surface area contributed by atoms with E-state index in [9.17, 15) is 9.18 Å². The van der Waals surface area contributed by atoms with Gasteiger partial charge in [0, 0.05) is 12.5 Å². The lowest BCUT2D eigenvalue weighted by Gasteiger charge is -2.04. The quantitative estimate of drug-likeness (QED) is 0.888. The van der Waals surface area contributed by atoms with Crippen LogP contribution in [0, 0.1) is 5.82 Å². The Balaban J connectivity index is 1.95. The highest BCUT2D eigenvalue weighted by Crippen LogP contribution is 2.09. The number of H-pyrrole nitrogens is 1. The molecular weight excluding hydrogens is 245 g/mol. The molecule has 1 aromatic carbocycles. The first-order chi connectivity index (χ1) is 9.06. The predicted molar refractivity (Wildman–Crippen MR) is 70.2 cm³/mol. The number of carbonyl (C=O) groups is 1. The van der Waals surface area contributed by atoms with Crippen molar-refractivity contribution in [1.82, 2.24) is 15.3 Å². The minimum atomic E-state index is -0.287. The van der Waals surface area contributed by atoms with Gasteiger partial charge in [0.2, 0.25) is 0 Å². The van der Waals surface area contributed by atoms with E-state index in [0.717, 1.165) is 11.4 Å². The van der Waals surface area contributed by atoms with Crippen molar-refractivity contribution in [2.75, 3.05) is 0 Å². The lowest BCUT2D eigenvalue weighted by Crippen LogP contribution is -2.23. The van der Waals surface area contributed by atoms with Crippen LogP contribution in [-0.2, 0) is 6.54 Å². The second kappa shape index (κ2) is 5.65. The number of amides is 1. The summed E-state index contributed by atoms with van der Waals surface area (Å²) in [6.45, 7) is 4.35. The molecule has 2 aromatic rings. The van der Waals surface area contributed by atoms with Gasteiger partial charge in [0.05, 0.1) is 6.20 Å². The second-order valence-electron chi connectivity index (χ2n) is 4.65. The van der Waals surface area contributed by atoms with Crippen molar-refractivity contribution in [3.8, 4) is 0 Å². The number of rotatable bonds is 4. The molecule has 0 saturated heterocycles. The van der Waals surface area contributed by atoms with Crippen molar-refractivity contribution in [3.63, 3.8) is 0 Å². The third-order valence-electron chi connectivity index (χ3n) is 2.75. The minimum absolute atomic E-state index is 0.219. The van der Waals surface area contributed by atoms with E-state index < -0.39 is 0 Å². The molecule has 1 aromatic heterocycles. The number of hydrogen-bond acceptors (Lipinski definition) is 2. The molecule has 0 saturated carbocycles. The summed E-state index contributed by atoms with van der Waals surface area (Å²) in [6.07, 6.45) is 1.52. The summed E-state index contributed by atoms with van der Waals surface area (Å²) >= 11 is 0. The average molecular weight is 261 g/mol. The van der Waals surface area contributed by atoms with E-state index in [0.29, 0.717) is 12.2 Å². The average Bonchev–Trinajstić information content (AvgIpc) is 2.87. The van der Waals surface area contributed by atoms with Gasteiger partial charge in [-0.05, 0) is 17.7 Å². The molecule has 5 heteroatoms. The molecule has 0 atom stereocenters. The molecule has 4 nitrogen and oxygen atoms in total. The molecule has 0 aliphatic rings. The number of aromatic nitrogens is 2. The summed E-state index contributed by atoms with van der Waals surface area (Å²) in [4.78, 5) is 19.0. The van der Waals surface area contributed by atoms with Crippen LogP contribution in [0.15, 0.2) is 30.5 Å². The third kappa shape index (κ3) is 3.40. The first-order valence-corrected chi connectivity index (χ1v) is 6.14. The van der Waals surface area contributed by atoms with Crippen molar-refractivity contribution in [2.45, 2.75) is 26.3 Å². The Hall–Kier alpha value is -2.17. The number of nitrogens with zero attached hydrogens (tertiary/aromatic N) is 1. The number of imidazole rings is 1. The molecule has 19 heavy (non-hydrogen) atoms. The topological polar surface area (TPSA) is 57.8 Å². The van der Waals surface area contributed by atoms with Crippen LogP contribution >= 0.6 is 0 Å². The van der Waals surface area contributed by atoms with Gasteiger partial charge in [0.25, 0.3) is 5.91 Å². The molecule has 0 fully saturated rings. The maximum atomic E-state index is 12.7. The Morgan fingerprint density at radius 3 is 2.63 bits per heavy atom. The second-order valence-corrected chi connectivity index (χ2v) is 4.65. The first kappa shape index (κ1) is 13.3. The molecule has 2 N–H and O–H groups in total. The summed E-state index contributed by atoms with van der Waals surface area (Å²) in [6, 6.07) is 6.02. The first-order valence-electron chi connectivity index (χ1n) is 6.14. The van der Waals surface area contributed by atoms with Crippen molar-refractivity contribution in [1.29, 1.82) is 0 Å². The van der Waals surface area contributed by atoms with E-state index in [1.807, 2.05) is 13.8 Å². The van der Waals surface area contributed by atoms with Gasteiger partial charge >= 0.3 is 0 Å². The van der Waals surface area contributed by atoms with Gasteiger partial charge in [0.1, 0.15) is 17.3 Å². The number of halogens is 1. The molecule has 0 aliphatic heterocycles. The number of aromatic amines is 1. The third-order valence-corrected chi connectivity index (χ3v) is 2.75. The standard InChI is InChI=1S/C14H16FN3O/c1-9(2)13-16-8-12(18-13)14(19)17-7-10-3-5-11(15)6-4-10/h3-6,8-9H,7H2,1-2H3,(H,16,18)(H,17,19). The number of benzene rings is 1. The summed E-state index contributed by atoms with van der Waals surface area (Å²) in [5.41, 5.74) is 1.28. The summed E-state index contributed by atoms with van der Waals surface area (Å²) in [5.74, 6) is 0.527. The highest BCUT2D eigenvalue weighted by molar-refractivity contribution is 5.92. The summed E-state index contributed by atoms with van der Waals surface area (Å²) in [7, 11) is 0. The number of carbonyl (C=O) groups excluding carboxylic acids is 1. The Morgan fingerprint density at radius 2 is 2.05 bits per heavy atom. The van der Waals surface area contributed by atoms with Crippen LogP contribution < -0.4 is 5.32 Å². The van der Waals surface area contributed by atoms with Crippen LogP contribution in [0.25, 0.3) is 0 Å². The largest absolute Gasteiger partial charge is 0.347 e. The van der Waals surface area contributed by atoms with Gasteiger partial charge < -0.3 is 10.3 Å². The van der Waals surface area contributed by atoms with Crippen LogP contribution in [0.2, 0.25) is 0 Å². The molecular formula is C14H16FN3O. The Kier molecular flexibility index (Phi) is 3.94. The highest BCUT2D eigenvalue weighted by atomic mass is 19.1. The maximum Gasteiger partial charge on any atom is 0.269 e. The SMILES string of the molecule is CC(C)c1ncc(C(=O)NCc2ccc(F)cc2)[nH]1. The van der Waals surface area contributed by atoms with Crippen LogP contribution in [-0.4, -0.2) is 15.9 Å². The van der Waals surface area contributed by atoms with Gasteiger partial charge in [-0.3, -0.25) is 4.79 Å². The lowest BCUT2D eigenvalue weighted by atomic mass is 10.2. The molecule has 0 aliphatic carbocycles. The zero-order valence-corrected chi connectivity index (χ0v) is 10.9. The number of nitrogens with one attached hydrogen (secondary N) is 2. The Morgan fingerprint density at radius 1 is 1.37 bits per heavy atom. The van der Waals surface area contributed by atoms with Crippen molar-refractivity contribution < 1.29 is 9.18 Å². The van der Waals surface area contributed by atoms with Crippen LogP contribution in [0.5, 0.6) is 0 Å². The fourth-order valence-electron chi connectivity index (χ4n) is 1.63. The predicted octanol–water partition coefficient (Wildman–Crippen LogP) is 2.60. The monoisotopic (exact) mass is 261 g/mol. The number of hydrogen-bond donors (Lipinski definition) is 2. The van der Waals surface area contributed by atoms with Gasteiger partial charge in [-0.15, -0.1) is 0 Å². The molecule has 0 radical (unpaired) electrons. The van der Waals surface area contributed by atoms with E-state index in [4.69, 9.17) is 0 Å². The molecule has 1 amide bonds. The molecule has 0 spiro atoms. The van der Waals surface area contributed by atoms with Crippen molar-refractivity contribution >= 4 is 5.91 Å². The van der Waals surface area contributed by atoms with E-state index in [2.05, 4.69) is 15.3 Å². The normalized spacial score (nSPS) is 10.7. The lowest BCUT2D eigenvalue weighted by molar-refractivity contribution is 0.0946. The van der Waals surface area contributed by atoms with Gasteiger partial charge in [-0.1, -0.05) is 26.0 Å². The maximum absolute atomic E-state index is 12.7. The van der Waals surface area contributed by atoms with Gasteiger partial charge in [-0.2, -0.15) is 0 Å².